The second kappa shape index (κ2) is 4.93. The van der Waals surface area contributed by atoms with Crippen LogP contribution < -0.4 is 5.32 Å². The van der Waals surface area contributed by atoms with Gasteiger partial charge in [0.1, 0.15) is 0 Å². The van der Waals surface area contributed by atoms with E-state index in [2.05, 4.69) is 5.32 Å². The predicted molar refractivity (Wildman–Crippen MR) is 56.6 cm³/mol. The molecule has 16 heavy (non-hydrogen) atoms. The molecule has 6 heteroatoms. The zero-order chi connectivity index (χ0) is 12.3. The lowest BCUT2D eigenvalue weighted by Crippen LogP contribution is -2.19. The van der Waals surface area contributed by atoms with Crippen LogP contribution in [0.15, 0.2) is 18.2 Å². The van der Waals surface area contributed by atoms with E-state index < -0.39 is 11.7 Å². The average molecular weight is 254 g/mol. The summed E-state index contributed by atoms with van der Waals surface area (Å²) < 4.78 is 37.1. The van der Waals surface area contributed by atoms with Crippen LogP contribution in [0.1, 0.15) is 12.5 Å². The minimum Gasteiger partial charge on any atom is -0.394 e. The van der Waals surface area contributed by atoms with Crippen molar-refractivity contribution in [1.82, 2.24) is 0 Å². The van der Waals surface area contributed by atoms with E-state index in [9.17, 15) is 13.2 Å². The highest BCUT2D eigenvalue weighted by Gasteiger charge is 2.33. The number of alkyl halides is 3. The topological polar surface area (TPSA) is 32.3 Å². The maximum atomic E-state index is 12.4. The van der Waals surface area contributed by atoms with Crippen LogP contribution in [0.4, 0.5) is 18.9 Å². The number of benzene rings is 1. The number of nitrogens with one attached hydrogen (secondary N) is 1. The molecule has 2 N–H and O–H groups in total. The smallest absolute Gasteiger partial charge is 0.394 e. The molecule has 90 valence electrons. The minimum absolute atomic E-state index is 0.112. The number of aliphatic hydroxyl groups excluding tert-OH is 1. The molecule has 0 aliphatic heterocycles. The van der Waals surface area contributed by atoms with Gasteiger partial charge in [-0.05, 0) is 25.1 Å². The highest BCUT2D eigenvalue weighted by molar-refractivity contribution is 6.31. The summed E-state index contributed by atoms with van der Waals surface area (Å²) in [6, 6.07) is 3.14. The lowest BCUT2D eigenvalue weighted by molar-refractivity contribution is -0.137. The van der Waals surface area contributed by atoms with Crippen molar-refractivity contribution in [2.45, 2.75) is 19.1 Å². The molecule has 0 saturated carbocycles. The van der Waals surface area contributed by atoms with Crippen molar-refractivity contribution in [3.63, 3.8) is 0 Å². The van der Waals surface area contributed by atoms with Gasteiger partial charge in [0.15, 0.2) is 0 Å². The van der Waals surface area contributed by atoms with Gasteiger partial charge in [-0.25, -0.2) is 0 Å². The zero-order valence-corrected chi connectivity index (χ0v) is 9.23. The molecule has 1 aromatic carbocycles. The van der Waals surface area contributed by atoms with Crippen molar-refractivity contribution in [2.75, 3.05) is 11.9 Å². The summed E-state index contributed by atoms with van der Waals surface area (Å²) >= 11 is 5.52. The molecule has 0 aromatic heterocycles. The first-order chi connectivity index (χ1) is 7.34. The molecule has 0 fully saturated rings. The molecule has 1 aromatic rings. The standard InChI is InChI=1S/C10H11ClF3NO/c1-6(5-16)15-7-2-3-8(9(11)4-7)10(12,13)14/h2-4,6,15-16H,5H2,1H3/t6-/m1/s1. The van der Waals surface area contributed by atoms with Crippen LogP contribution in [-0.4, -0.2) is 17.8 Å². The molecule has 0 saturated heterocycles. The number of anilines is 1. The molecule has 1 rings (SSSR count). The molecular weight excluding hydrogens is 243 g/mol. The van der Waals surface area contributed by atoms with E-state index in [0.717, 1.165) is 6.07 Å². The molecule has 0 heterocycles. The van der Waals surface area contributed by atoms with Crippen molar-refractivity contribution >= 4 is 17.3 Å². The van der Waals surface area contributed by atoms with Gasteiger partial charge in [-0.15, -0.1) is 0 Å². The Balaban J connectivity index is 2.91. The van der Waals surface area contributed by atoms with E-state index in [1.54, 1.807) is 6.92 Å². The Morgan fingerprint density at radius 2 is 2.06 bits per heavy atom. The number of halogens is 4. The lowest BCUT2D eigenvalue weighted by atomic mass is 10.2. The van der Waals surface area contributed by atoms with Crippen LogP contribution >= 0.6 is 11.6 Å². The van der Waals surface area contributed by atoms with E-state index >= 15 is 0 Å². The van der Waals surface area contributed by atoms with Crippen molar-refractivity contribution in [1.29, 1.82) is 0 Å². The number of rotatable bonds is 3. The van der Waals surface area contributed by atoms with Gasteiger partial charge in [0.25, 0.3) is 0 Å². The summed E-state index contributed by atoms with van der Waals surface area (Å²) in [5.74, 6) is 0. The fraction of sp³-hybridized carbons (Fsp3) is 0.400. The third kappa shape index (κ3) is 3.28. The van der Waals surface area contributed by atoms with Crippen LogP contribution in [0.2, 0.25) is 5.02 Å². The van der Waals surface area contributed by atoms with E-state index in [4.69, 9.17) is 16.7 Å². The van der Waals surface area contributed by atoms with Crippen LogP contribution in [0.25, 0.3) is 0 Å². The third-order valence-corrected chi connectivity index (χ3v) is 2.27. The van der Waals surface area contributed by atoms with E-state index in [1.165, 1.54) is 12.1 Å². The van der Waals surface area contributed by atoms with Crippen molar-refractivity contribution in [2.24, 2.45) is 0 Å². The van der Waals surface area contributed by atoms with E-state index in [0.29, 0.717) is 5.69 Å². The summed E-state index contributed by atoms with van der Waals surface area (Å²) in [6.07, 6.45) is -4.45. The Kier molecular flexibility index (Phi) is 4.04. The molecule has 0 spiro atoms. The first kappa shape index (κ1) is 13.1. The molecule has 0 bridgehead atoms. The van der Waals surface area contributed by atoms with Gasteiger partial charge < -0.3 is 10.4 Å². The van der Waals surface area contributed by atoms with Gasteiger partial charge in [0.05, 0.1) is 17.2 Å². The first-order valence-corrected chi connectivity index (χ1v) is 4.96. The Bertz CT molecular complexity index is 368. The SMILES string of the molecule is C[C@H](CO)Nc1ccc(C(F)(F)F)c(Cl)c1. The van der Waals surface area contributed by atoms with Gasteiger partial charge in [-0.2, -0.15) is 13.2 Å². The number of aliphatic hydroxyl groups is 1. The van der Waals surface area contributed by atoms with Crippen LogP contribution in [-0.2, 0) is 6.18 Å². The molecule has 0 aliphatic rings. The third-order valence-electron chi connectivity index (χ3n) is 1.96. The van der Waals surface area contributed by atoms with Crippen LogP contribution in [0.3, 0.4) is 0 Å². The highest BCUT2D eigenvalue weighted by Crippen LogP contribution is 2.35. The predicted octanol–water partition coefficient (Wildman–Crippen LogP) is 3.15. The van der Waals surface area contributed by atoms with Crippen molar-refractivity contribution in [3.8, 4) is 0 Å². The molecular formula is C10H11ClF3NO. The number of hydrogen-bond acceptors (Lipinski definition) is 2. The average Bonchev–Trinajstić information content (AvgIpc) is 2.15. The van der Waals surface area contributed by atoms with Gasteiger partial charge in [0, 0.05) is 11.7 Å². The fourth-order valence-corrected chi connectivity index (χ4v) is 1.45. The van der Waals surface area contributed by atoms with Gasteiger partial charge in [-0.3, -0.25) is 0 Å². The summed E-state index contributed by atoms with van der Waals surface area (Å²) in [6.45, 7) is 1.59. The fourth-order valence-electron chi connectivity index (χ4n) is 1.16. The molecule has 2 nitrogen and oxygen atoms in total. The van der Waals surface area contributed by atoms with Crippen LogP contribution in [0.5, 0.6) is 0 Å². The Morgan fingerprint density at radius 1 is 1.44 bits per heavy atom. The monoisotopic (exact) mass is 253 g/mol. The van der Waals surface area contributed by atoms with Crippen LogP contribution in [0, 0.1) is 0 Å². The normalized spacial score (nSPS) is 13.6. The zero-order valence-electron chi connectivity index (χ0n) is 8.48. The van der Waals surface area contributed by atoms with Crippen molar-refractivity contribution in [3.05, 3.63) is 28.8 Å². The Morgan fingerprint density at radius 3 is 2.50 bits per heavy atom. The summed E-state index contributed by atoms with van der Waals surface area (Å²) in [5.41, 5.74) is -0.420. The molecule has 0 amide bonds. The number of hydrogen-bond donors (Lipinski definition) is 2. The minimum atomic E-state index is -4.45. The molecule has 0 unspecified atom stereocenters. The highest BCUT2D eigenvalue weighted by atomic mass is 35.5. The van der Waals surface area contributed by atoms with E-state index in [-0.39, 0.29) is 17.7 Å². The Labute approximate surface area is 96.0 Å². The first-order valence-electron chi connectivity index (χ1n) is 4.58. The van der Waals surface area contributed by atoms with Crippen molar-refractivity contribution < 1.29 is 18.3 Å². The molecule has 0 aliphatic carbocycles. The molecule has 1 atom stereocenters. The second-order valence-corrected chi connectivity index (χ2v) is 3.83. The largest absolute Gasteiger partial charge is 0.417 e. The van der Waals surface area contributed by atoms with Gasteiger partial charge in [0.2, 0.25) is 0 Å². The van der Waals surface area contributed by atoms with Gasteiger partial charge >= 0.3 is 6.18 Å². The quantitative estimate of drug-likeness (QED) is 0.867. The summed E-state index contributed by atoms with van der Waals surface area (Å²) in [5, 5.41) is 11.2. The summed E-state index contributed by atoms with van der Waals surface area (Å²) in [4.78, 5) is 0. The molecule has 0 radical (unpaired) electrons. The maximum absolute atomic E-state index is 12.4. The lowest BCUT2D eigenvalue weighted by Gasteiger charge is -2.14. The maximum Gasteiger partial charge on any atom is 0.417 e. The summed E-state index contributed by atoms with van der Waals surface area (Å²) in [7, 11) is 0. The van der Waals surface area contributed by atoms with E-state index in [1.807, 2.05) is 0 Å². The second-order valence-electron chi connectivity index (χ2n) is 3.42. The Hall–Kier alpha value is -0.940. The van der Waals surface area contributed by atoms with Gasteiger partial charge in [-0.1, -0.05) is 11.6 Å².